The molecule has 7 nitrogen and oxygen atoms in total. The molecule has 0 fully saturated rings. The lowest BCUT2D eigenvalue weighted by Crippen LogP contribution is -2.41. The van der Waals surface area contributed by atoms with Crippen LogP contribution in [0.5, 0.6) is 5.75 Å². The van der Waals surface area contributed by atoms with Gasteiger partial charge >= 0.3 is 0 Å². The number of hydrazine groups is 1. The number of hydrogen-bond donors (Lipinski definition) is 3. The number of H-pyrrole nitrogens is 1. The summed E-state index contributed by atoms with van der Waals surface area (Å²) in [5.41, 5.74) is 6.24. The number of carbonyl (C=O) groups is 2. The fraction of sp³-hybridized carbons (Fsp3) is 0.312. The Morgan fingerprint density at radius 2 is 1.83 bits per heavy atom. The van der Waals surface area contributed by atoms with Crippen molar-refractivity contribution in [1.82, 2.24) is 21.0 Å². The average molecular weight is 316 g/mol. The smallest absolute Gasteiger partial charge is 0.290 e. The molecule has 0 saturated carbocycles. The van der Waals surface area contributed by atoms with E-state index in [2.05, 4.69) is 21.0 Å². The fourth-order valence-electron chi connectivity index (χ4n) is 1.99. The zero-order valence-electron chi connectivity index (χ0n) is 13.2. The van der Waals surface area contributed by atoms with Gasteiger partial charge in [0.05, 0.1) is 6.61 Å². The van der Waals surface area contributed by atoms with Crippen LogP contribution in [0.4, 0.5) is 0 Å². The van der Waals surface area contributed by atoms with Crippen molar-refractivity contribution in [2.75, 3.05) is 6.61 Å². The van der Waals surface area contributed by atoms with Gasteiger partial charge in [-0.2, -0.15) is 5.10 Å². The van der Waals surface area contributed by atoms with E-state index in [0.717, 1.165) is 18.5 Å². The Morgan fingerprint density at radius 3 is 2.48 bits per heavy atom. The molecule has 0 aliphatic carbocycles. The molecule has 0 radical (unpaired) electrons. The molecule has 0 bridgehead atoms. The summed E-state index contributed by atoms with van der Waals surface area (Å²) in [6.45, 7) is 4.49. The third kappa shape index (κ3) is 4.57. The van der Waals surface area contributed by atoms with Crippen LogP contribution in [-0.2, 0) is 6.42 Å². The molecule has 2 aromatic rings. The van der Waals surface area contributed by atoms with E-state index in [4.69, 9.17) is 4.74 Å². The zero-order valence-corrected chi connectivity index (χ0v) is 13.2. The van der Waals surface area contributed by atoms with Gasteiger partial charge in [0.1, 0.15) is 5.75 Å². The minimum absolute atomic E-state index is 0.237. The molecule has 3 N–H and O–H groups in total. The van der Waals surface area contributed by atoms with Crippen molar-refractivity contribution in [3.8, 4) is 5.75 Å². The van der Waals surface area contributed by atoms with Gasteiger partial charge in [-0.3, -0.25) is 25.5 Å². The summed E-state index contributed by atoms with van der Waals surface area (Å²) in [5, 5.41) is 6.70. The lowest BCUT2D eigenvalue weighted by Gasteiger charge is -2.07. The molecule has 122 valence electrons. The number of nitrogens with zero attached hydrogens (tertiary/aromatic N) is 1. The first-order valence-electron chi connectivity index (χ1n) is 7.51. The lowest BCUT2D eigenvalue weighted by atomic mass is 10.2. The minimum atomic E-state index is -0.470. The van der Waals surface area contributed by atoms with Gasteiger partial charge in [-0.1, -0.05) is 13.3 Å². The van der Waals surface area contributed by atoms with Crippen molar-refractivity contribution in [3.63, 3.8) is 0 Å². The first-order chi connectivity index (χ1) is 11.1. The predicted octanol–water partition coefficient (Wildman–Crippen LogP) is 1.84. The van der Waals surface area contributed by atoms with E-state index in [-0.39, 0.29) is 5.69 Å². The second kappa shape index (κ2) is 7.98. The Labute approximate surface area is 134 Å². The molecule has 2 rings (SSSR count). The monoisotopic (exact) mass is 316 g/mol. The third-order valence-corrected chi connectivity index (χ3v) is 3.10. The maximum absolute atomic E-state index is 12.0. The Hall–Kier alpha value is -2.83. The van der Waals surface area contributed by atoms with E-state index in [1.54, 1.807) is 30.3 Å². The standard InChI is InChI=1S/C16H20N4O3/c1-3-5-12-10-14(18-17-12)16(22)20-19-15(21)11-6-8-13(9-7-11)23-4-2/h6-10H,3-5H2,1-2H3,(H,17,18)(H,19,21)(H,20,22). The highest BCUT2D eigenvalue weighted by atomic mass is 16.5. The van der Waals surface area contributed by atoms with Gasteiger partial charge in [0.2, 0.25) is 0 Å². The quantitative estimate of drug-likeness (QED) is 0.708. The number of aromatic amines is 1. The van der Waals surface area contributed by atoms with Crippen LogP contribution in [0.3, 0.4) is 0 Å². The van der Waals surface area contributed by atoms with Gasteiger partial charge < -0.3 is 4.74 Å². The van der Waals surface area contributed by atoms with Crippen molar-refractivity contribution in [2.45, 2.75) is 26.7 Å². The largest absolute Gasteiger partial charge is 0.494 e. The van der Waals surface area contributed by atoms with Crippen molar-refractivity contribution < 1.29 is 14.3 Å². The van der Waals surface area contributed by atoms with Crippen LogP contribution in [0, 0.1) is 0 Å². The first-order valence-corrected chi connectivity index (χ1v) is 7.51. The first kappa shape index (κ1) is 16.5. The molecule has 0 aliphatic rings. The predicted molar refractivity (Wildman–Crippen MR) is 85.1 cm³/mol. The highest BCUT2D eigenvalue weighted by molar-refractivity contribution is 5.98. The van der Waals surface area contributed by atoms with Crippen molar-refractivity contribution in [1.29, 1.82) is 0 Å². The summed E-state index contributed by atoms with van der Waals surface area (Å²) in [6.07, 6.45) is 1.77. The number of rotatable bonds is 6. The SMILES string of the molecule is CCCc1cc(C(=O)NNC(=O)c2ccc(OCC)cc2)n[nH]1. The fourth-order valence-corrected chi connectivity index (χ4v) is 1.99. The van der Waals surface area contributed by atoms with E-state index in [9.17, 15) is 9.59 Å². The van der Waals surface area contributed by atoms with Crippen LogP contribution in [0.2, 0.25) is 0 Å². The summed E-state index contributed by atoms with van der Waals surface area (Å²) >= 11 is 0. The Kier molecular flexibility index (Phi) is 5.74. The number of ether oxygens (including phenoxy) is 1. The van der Waals surface area contributed by atoms with Crippen LogP contribution in [0.25, 0.3) is 0 Å². The van der Waals surface area contributed by atoms with Gasteiger partial charge in [-0.05, 0) is 43.7 Å². The highest BCUT2D eigenvalue weighted by Gasteiger charge is 2.12. The Bertz CT molecular complexity index is 664. The maximum atomic E-state index is 12.0. The summed E-state index contributed by atoms with van der Waals surface area (Å²) in [6, 6.07) is 8.32. The molecule has 7 heteroatoms. The van der Waals surface area contributed by atoms with Crippen LogP contribution < -0.4 is 15.6 Å². The van der Waals surface area contributed by atoms with E-state index in [1.165, 1.54) is 0 Å². The molecule has 0 unspecified atom stereocenters. The number of nitrogens with one attached hydrogen (secondary N) is 3. The van der Waals surface area contributed by atoms with Crippen LogP contribution >= 0.6 is 0 Å². The van der Waals surface area contributed by atoms with Crippen LogP contribution in [0.1, 0.15) is 46.8 Å². The number of aryl methyl sites for hydroxylation is 1. The van der Waals surface area contributed by atoms with E-state index in [1.807, 2.05) is 13.8 Å². The number of carbonyl (C=O) groups excluding carboxylic acids is 2. The molecule has 23 heavy (non-hydrogen) atoms. The molecular weight excluding hydrogens is 296 g/mol. The molecule has 1 heterocycles. The van der Waals surface area contributed by atoms with Crippen molar-refractivity contribution in [3.05, 3.63) is 47.3 Å². The van der Waals surface area contributed by atoms with Crippen molar-refractivity contribution in [2.24, 2.45) is 0 Å². The molecule has 0 aliphatic heterocycles. The average Bonchev–Trinajstić information content (AvgIpc) is 3.02. The number of benzene rings is 1. The van der Waals surface area contributed by atoms with Gasteiger partial charge in [-0.15, -0.1) is 0 Å². The van der Waals surface area contributed by atoms with Gasteiger partial charge in [0.25, 0.3) is 11.8 Å². The third-order valence-electron chi connectivity index (χ3n) is 3.10. The maximum Gasteiger partial charge on any atom is 0.290 e. The Morgan fingerprint density at radius 1 is 1.13 bits per heavy atom. The molecule has 0 atom stereocenters. The molecule has 1 aromatic carbocycles. The van der Waals surface area contributed by atoms with Crippen molar-refractivity contribution >= 4 is 11.8 Å². The second-order valence-electron chi connectivity index (χ2n) is 4.89. The number of aromatic nitrogens is 2. The molecular formula is C16H20N4O3. The normalized spacial score (nSPS) is 10.2. The zero-order chi connectivity index (χ0) is 16.7. The van der Waals surface area contributed by atoms with Crippen LogP contribution in [-0.4, -0.2) is 28.6 Å². The summed E-state index contributed by atoms with van der Waals surface area (Å²) in [4.78, 5) is 23.9. The van der Waals surface area contributed by atoms with E-state index >= 15 is 0 Å². The Balaban J connectivity index is 1.88. The summed E-state index contributed by atoms with van der Waals surface area (Å²) in [7, 11) is 0. The van der Waals surface area contributed by atoms with Crippen LogP contribution in [0.15, 0.2) is 30.3 Å². The summed E-state index contributed by atoms with van der Waals surface area (Å²) < 4.78 is 5.31. The molecule has 2 amide bonds. The molecule has 0 spiro atoms. The lowest BCUT2D eigenvalue weighted by molar-refractivity contribution is 0.0844. The molecule has 1 aromatic heterocycles. The number of hydrogen-bond acceptors (Lipinski definition) is 4. The van der Waals surface area contributed by atoms with Gasteiger partial charge in [0.15, 0.2) is 5.69 Å². The second-order valence-corrected chi connectivity index (χ2v) is 4.89. The van der Waals surface area contributed by atoms with Gasteiger partial charge in [-0.25, -0.2) is 0 Å². The van der Waals surface area contributed by atoms with Gasteiger partial charge in [0, 0.05) is 11.3 Å². The van der Waals surface area contributed by atoms with E-state index in [0.29, 0.717) is 17.9 Å². The summed E-state index contributed by atoms with van der Waals surface area (Å²) in [5.74, 6) is -0.193. The highest BCUT2D eigenvalue weighted by Crippen LogP contribution is 2.11. The minimum Gasteiger partial charge on any atom is -0.494 e. The topological polar surface area (TPSA) is 96.1 Å². The van der Waals surface area contributed by atoms with E-state index < -0.39 is 11.8 Å². The molecule has 0 saturated heterocycles. The number of amides is 2.